The van der Waals surface area contributed by atoms with Crippen LogP contribution in [-0.4, -0.2) is 32.6 Å². The fourth-order valence-corrected chi connectivity index (χ4v) is 7.56. The van der Waals surface area contributed by atoms with Crippen molar-refractivity contribution in [1.29, 1.82) is 0 Å². The van der Waals surface area contributed by atoms with E-state index in [9.17, 15) is 9.59 Å². The van der Waals surface area contributed by atoms with E-state index in [0.29, 0.717) is 25.9 Å². The third-order valence-corrected chi connectivity index (χ3v) is 8.92. The molecular formula is C26H32O6. The van der Waals surface area contributed by atoms with Crippen LogP contribution in [0.15, 0.2) is 47.5 Å². The summed E-state index contributed by atoms with van der Waals surface area (Å²) in [4.78, 5) is 27.6. The first kappa shape index (κ1) is 21.5. The highest BCUT2D eigenvalue weighted by atomic mass is 16.5. The summed E-state index contributed by atoms with van der Waals surface area (Å²) in [5.41, 5.74) is -0.621. The summed E-state index contributed by atoms with van der Waals surface area (Å²) >= 11 is 0. The molecule has 2 saturated carbocycles. The maximum Gasteiger partial charge on any atom is 0.310 e. The number of carbonyl (C=O) groups excluding carboxylic acids is 2. The van der Waals surface area contributed by atoms with Gasteiger partial charge in [0, 0.05) is 29.9 Å². The summed E-state index contributed by atoms with van der Waals surface area (Å²) in [6.45, 7) is 6.41. The van der Waals surface area contributed by atoms with Crippen LogP contribution < -0.4 is 0 Å². The van der Waals surface area contributed by atoms with Gasteiger partial charge in [0.2, 0.25) is 0 Å². The van der Waals surface area contributed by atoms with Crippen molar-refractivity contribution in [1.82, 2.24) is 0 Å². The number of fused-ring (bicyclic) bond motifs is 2. The Bertz CT molecular complexity index is 963. The topological polar surface area (TPSA) is 75.0 Å². The summed E-state index contributed by atoms with van der Waals surface area (Å²) in [5.74, 6) is 0.504. The van der Waals surface area contributed by atoms with Gasteiger partial charge in [-0.05, 0) is 49.7 Å². The van der Waals surface area contributed by atoms with Crippen LogP contribution in [0.4, 0.5) is 0 Å². The molecule has 5 rings (SSSR count). The number of methoxy groups -OCH3 is 2. The summed E-state index contributed by atoms with van der Waals surface area (Å²) in [6, 6.07) is 1.84. The molecule has 0 aromatic carbocycles. The standard InChI is InChI=1S/C26H32O6/c1-5-8-25(15-29-3)11-18-20(30-4)13-26(18)9-6-17-23(28)32-19(16-7-10-31-14-16)12-24(17,2)21(26)22(25)27/h5,7,10,13-14,17-19,21H,1,6,8-9,11-12,15H2,2-4H3/t17-,18+,19+,21+,24+,25-,26-/m1/s1. The number of allylic oxidation sites excluding steroid dienone is 3. The maximum atomic E-state index is 14.4. The minimum Gasteiger partial charge on any atom is -0.501 e. The first-order chi connectivity index (χ1) is 15.3. The molecule has 4 aliphatic rings. The lowest BCUT2D eigenvalue weighted by Crippen LogP contribution is -2.68. The highest BCUT2D eigenvalue weighted by Crippen LogP contribution is 2.72. The number of ether oxygens (including phenoxy) is 3. The van der Waals surface area contributed by atoms with E-state index in [1.54, 1.807) is 26.7 Å². The maximum absolute atomic E-state index is 14.4. The van der Waals surface area contributed by atoms with Gasteiger partial charge in [0.25, 0.3) is 0 Å². The first-order valence-corrected chi connectivity index (χ1v) is 11.5. The van der Waals surface area contributed by atoms with Crippen LogP contribution >= 0.6 is 0 Å². The molecule has 0 bridgehead atoms. The quantitative estimate of drug-likeness (QED) is 0.474. The Kier molecular flexibility index (Phi) is 4.93. The van der Waals surface area contributed by atoms with E-state index in [4.69, 9.17) is 18.6 Å². The van der Waals surface area contributed by atoms with Crippen LogP contribution in [0.5, 0.6) is 0 Å². The molecule has 6 heteroatoms. The van der Waals surface area contributed by atoms with Crippen molar-refractivity contribution in [2.75, 3.05) is 20.8 Å². The van der Waals surface area contributed by atoms with Crippen LogP contribution in [0, 0.1) is 34.0 Å². The fourth-order valence-electron chi connectivity index (χ4n) is 7.56. The number of hydrogen-bond donors (Lipinski definition) is 0. The second kappa shape index (κ2) is 7.34. The summed E-state index contributed by atoms with van der Waals surface area (Å²) in [7, 11) is 3.35. The number of cyclic esters (lactones) is 1. The lowest BCUT2D eigenvalue weighted by molar-refractivity contribution is -0.209. The summed E-state index contributed by atoms with van der Waals surface area (Å²) in [6.07, 6.45) is 10.2. The van der Waals surface area contributed by atoms with Crippen LogP contribution in [0.2, 0.25) is 0 Å². The number of carbonyl (C=O) groups is 2. The highest BCUT2D eigenvalue weighted by Gasteiger charge is 2.72. The average Bonchev–Trinajstić information content (AvgIpc) is 3.29. The van der Waals surface area contributed by atoms with E-state index in [2.05, 4.69) is 19.6 Å². The van der Waals surface area contributed by atoms with E-state index in [1.807, 2.05) is 12.1 Å². The van der Waals surface area contributed by atoms with Gasteiger partial charge in [-0.15, -0.1) is 6.58 Å². The molecule has 1 spiro atoms. The molecule has 3 fully saturated rings. The Morgan fingerprint density at radius 3 is 2.72 bits per heavy atom. The second-order valence-corrected chi connectivity index (χ2v) is 10.4. The van der Waals surface area contributed by atoms with E-state index in [-0.39, 0.29) is 34.9 Å². The van der Waals surface area contributed by atoms with Gasteiger partial charge in [-0.3, -0.25) is 9.59 Å². The van der Waals surface area contributed by atoms with Crippen molar-refractivity contribution in [3.63, 3.8) is 0 Å². The number of Topliss-reactive ketones (excluding diaryl/α,β-unsaturated/α-hetero) is 1. The summed E-state index contributed by atoms with van der Waals surface area (Å²) < 4.78 is 22.5. The molecule has 0 N–H and O–H groups in total. The molecule has 1 aromatic heterocycles. The van der Waals surface area contributed by atoms with Gasteiger partial charge in [0.15, 0.2) is 0 Å². The molecule has 0 unspecified atom stereocenters. The van der Waals surface area contributed by atoms with Crippen LogP contribution in [0.1, 0.15) is 50.7 Å². The molecular weight excluding hydrogens is 408 g/mol. The molecule has 1 saturated heterocycles. The number of rotatable bonds is 6. The Hall–Kier alpha value is -2.34. The Morgan fingerprint density at radius 2 is 2.06 bits per heavy atom. The Morgan fingerprint density at radius 1 is 1.25 bits per heavy atom. The molecule has 6 nitrogen and oxygen atoms in total. The van der Waals surface area contributed by atoms with Crippen molar-refractivity contribution in [3.05, 3.63) is 48.6 Å². The zero-order valence-corrected chi connectivity index (χ0v) is 19.1. The van der Waals surface area contributed by atoms with Crippen LogP contribution in [-0.2, 0) is 23.8 Å². The third kappa shape index (κ3) is 2.68. The van der Waals surface area contributed by atoms with Gasteiger partial charge in [-0.1, -0.05) is 13.0 Å². The zero-order chi connectivity index (χ0) is 22.7. The number of hydrogen-bond acceptors (Lipinski definition) is 6. The highest BCUT2D eigenvalue weighted by molar-refractivity contribution is 5.92. The molecule has 0 amide bonds. The molecule has 172 valence electrons. The van der Waals surface area contributed by atoms with Crippen LogP contribution in [0.3, 0.4) is 0 Å². The van der Waals surface area contributed by atoms with Gasteiger partial charge in [0.1, 0.15) is 11.9 Å². The van der Waals surface area contributed by atoms with E-state index < -0.39 is 16.9 Å². The molecule has 2 heterocycles. The van der Waals surface area contributed by atoms with E-state index in [0.717, 1.165) is 24.2 Å². The van der Waals surface area contributed by atoms with Crippen molar-refractivity contribution in [2.45, 2.75) is 45.1 Å². The molecule has 1 aliphatic heterocycles. The van der Waals surface area contributed by atoms with E-state index >= 15 is 0 Å². The van der Waals surface area contributed by atoms with Crippen molar-refractivity contribution in [2.24, 2.45) is 34.0 Å². The van der Waals surface area contributed by atoms with Crippen molar-refractivity contribution in [3.8, 4) is 0 Å². The summed E-state index contributed by atoms with van der Waals surface area (Å²) in [5, 5.41) is 0. The van der Waals surface area contributed by atoms with Gasteiger partial charge in [-0.2, -0.15) is 0 Å². The molecule has 0 radical (unpaired) electrons. The average molecular weight is 441 g/mol. The minimum absolute atomic E-state index is 0.147. The number of furan rings is 1. The Labute approximate surface area is 189 Å². The molecule has 7 atom stereocenters. The predicted octanol–water partition coefficient (Wildman–Crippen LogP) is 4.63. The third-order valence-electron chi connectivity index (χ3n) is 8.92. The molecule has 32 heavy (non-hydrogen) atoms. The lowest BCUT2D eigenvalue weighted by atomic mass is 9.36. The molecule has 3 aliphatic carbocycles. The lowest BCUT2D eigenvalue weighted by Gasteiger charge is -2.67. The normalized spacial score (nSPS) is 42.5. The Balaban J connectivity index is 1.63. The second-order valence-electron chi connectivity index (χ2n) is 10.4. The van der Waals surface area contributed by atoms with Gasteiger partial charge in [-0.25, -0.2) is 0 Å². The predicted molar refractivity (Wildman–Crippen MR) is 116 cm³/mol. The smallest absolute Gasteiger partial charge is 0.310 e. The van der Waals surface area contributed by atoms with Crippen molar-refractivity contribution < 1.29 is 28.2 Å². The van der Waals surface area contributed by atoms with Gasteiger partial charge in [0.05, 0.1) is 43.3 Å². The first-order valence-electron chi connectivity index (χ1n) is 11.5. The van der Waals surface area contributed by atoms with Crippen molar-refractivity contribution >= 4 is 11.8 Å². The largest absolute Gasteiger partial charge is 0.501 e. The zero-order valence-electron chi connectivity index (χ0n) is 19.1. The monoisotopic (exact) mass is 440 g/mol. The SMILES string of the molecule is C=CC[C@]1(COC)C[C@H]2C(OC)=C[C@]23CC[C@@H]2C(=O)O[C@H](c4ccoc4)C[C@]2(C)[C@@H]3C1=O. The van der Waals surface area contributed by atoms with Gasteiger partial charge < -0.3 is 18.6 Å². The number of esters is 1. The number of ketones is 1. The molecule has 1 aromatic rings. The fraction of sp³-hybridized carbons (Fsp3) is 0.615. The van der Waals surface area contributed by atoms with Gasteiger partial charge >= 0.3 is 5.97 Å². The van der Waals surface area contributed by atoms with Crippen LogP contribution in [0.25, 0.3) is 0 Å². The van der Waals surface area contributed by atoms with E-state index in [1.165, 1.54) is 0 Å². The minimum atomic E-state index is -0.662.